The van der Waals surface area contributed by atoms with Gasteiger partial charge in [0.15, 0.2) is 0 Å². The van der Waals surface area contributed by atoms with E-state index in [-0.39, 0.29) is 18.6 Å². The molecule has 4 rings (SSSR count). The maximum Gasteiger partial charge on any atom is 0.243 e. The van der Waals surface area contributed by atoms with Crippen molar-refractivity contribution in [2.24, 2.45) is 0 Å². The van der Waals surface area contributed by atoms with E-state index < -0.39 is 0 Å². The Bertz CT molecular complexity index is 751. The van der Waals surface area contributed by atoms with Gasteiger partial charge in [-0.1, -0.05) is 0 Å². The minimum atomic E-state index is -0.142. The summed E-state index contributed by atoms with van der Waals surface area (Å²) in [6.07, 6.45) is 2.17. The van der Waals surface area contributed by atoms with Crippen molar-refractivity contribution in [1.29, 1.82) is 0 Å². The molecule has 0 aliphatic carbocycles. The topological polar surface area (TPSA) is 94.4 Å². The van der Waals surface area contributed by atoms with E-state index in [1.54, 1.807) is 0 Å². The highest BCUT2D eigenvalue weighted by molar-refractivity contribution is 5.75. The van der Waals surface area contributed by atoms with Crippen molar-refractivity contribution in [2.75, 3.05) is 44.4 Å². The second-order valence-electron chi connectivity index (χ2n) is 6.73. The molecule has 1 aromatic heterocycles. The van der Waals surface area contributed by atoms with Crippen molar-refractivity contribution >= 4 is 11.6 Å². The normalized spacial score (nSPS) is 20.0. The molecule has 2 saturated heterocycles. The summed E-state index contributed by atoms with van der Waals surface area (Å²) in [7, 11) is 0. The number of hydrogen-bond acceptors (Lipinski definition) is 7. The highest BCUT2D eigenvalue weighted by Crippen LogP contribution is 2.21. The standard InChI is InChI=1S/C18H24N6O3/c25-17(19-12-16-2-1-9-27-16)13-24-21-18(20-22-24)14-3-5-15(6-4-14)23-7-10-26-11-8-23/h3-6,16H,1-2,7-13H2,(H,19,25)/t16-/m1/s1. The molecule has 2 aliphatic heterocycles. The van der Waals surface area contributed by atoms with Gasteiger partial charge >= 0.3 is 0 Å². The molecule has 2 aliphatic rings. The van der Waals surface area contributed by atoms with Crippen LogP contribution in [-0.2, 0) is 20.8 Å². The Morgan fingerprint density at radius 2 is 2.00 bits per heavy atom. The van der Waals surface area contributed by atoms with Crippen molar-refractivity contribution in [3.8, 4) is 11.4 Å². The molecule has 1 aromatic carbocycles. The van der Waals surface area contributed by atoms with Gasteiger partial charge < -0.3 is 19.7 Å². The largest absolute Gasteiger partial charge is 0.378 e. The predicted molar refractivity (Wildman–Crippen MR) is 98.3 cm³/mol. The summed E-state index contributed by atoms with van der Waals surface area (Å²) in [6.45, 7) is 4.66. The Kier molecular flexibility index (Phi) is 5.59. The third-order valence-electron chi connectivity index (χ3n) is 4.79. The molecule has 1 N–H and O–H groups in total. The fraction of sp³-hybridized carbons (Fsp3) is 0.556. The maximum absolute atomic E-state index is 12.0. The van der Waals surface area contributed by atoms with Crippen LogP contribution in [-0.4, -0.2) is 71.7 Å². The number of rotatable bonds is 6. The molecule has 0 saturated carbocycles. The van der Waals surface area contributed by atoms with Gasteiger partial charge in [-0.05, 0) is 42.3 Å². The van der Waals surface area contributed by atoms with Crippen molar-refractivity contribution in [3.05, 3.63) is 24.3 Å². The SMILES string of the molecule is O=C(Cn1nnc(-c2ccc(N3CCOCC3)cc2)n1)NC[C@H]1CCCO1. The summed E-state index contributed by atoms with van der Waals surface area (Å²) >= 11 is 0. The summed E-state index contributed by atoms with van der Waals surface area (Å²) < 4.78 is 10.9. The second kappa shape index (κ2) is 8.45. The first-order valence-electron chi connectivity index (χ1n) is 9.37. The van der Waals surface area contributed by atoms with E-state index in [0.29, 0.717) is 12.4 Å². The molecule has 2 aromatic rings. The van der Waals surface area contributed by atoms with E-state index in [1.807, 2.05) is 12.1 Å². The number of morpholine rings is 1. The number of anilines is 1. The van der Waals surface area contributed by atoms with Crippen LogP contribution in [0.2, 0.25) is 0 Å². The molecule has 0 radical (unpaired) electrons. The Labute approximate surface area is 157 Å². The molecule has 0 bridgehead atoms. The smallest absolute Gasteiger partial charge is 0.243 e. The summed E-state index contributed by atoms with van der Waals surface area (Å²) in [5.41, 5.74) is 2.03. The molecule has 27 heavy (non-hydrogen) atoms. The molecular weight excluding hydrogens is 348 g/mol. The van der Waals surface area contributed by atoms with Crippen LogP contribution < -0.4 is 10.2 Å². The van der Waals surface area contributed by atoms with E-state index >= 15 is 0 Å². The van der Waals surface area contributed by atoms with E-state index in [0.717, 1.165) is 57.0 Å². The molecule has 2 fully saturated rings. The molecule has 144 valence electrons. The first kappa shape index (κ1) is 17.9. The zero-order chi connectivity index (χ0) is 18.5. The van der Waals surface area contributed by atoms with Gasteiger partial charge in [-0.3, -0.25) is 4.79 Å². The number of nitrogens with zero attached hydrogens (tertiary/aromatic N) is 5. The van der Waals surface area contributed by atoms with Gasteiger partial charge in [0.25, 0.3) is 0 Å². The number of benzene rings is 1. The summed E-state index contributed by atoms with van der Waals surface area (Å²) in [4.78, 5) is 15.6. The molecule has 3 heterocycles. The van der Waals surface area contributed by atoms with Crippen molar-refractivity contribution in [3.63, 3.8) is 0 Å². The minimum Gasteiger partial charge on any atom is -0.378 e. The lowest BCUT2D eigenvalue weighted by Gasteiger charge is -2.28. The molecule has 9 nitrogen and oxygen atoms in total. The van der Waals surface area contributed by atoms with Crippen molar-refractivity contribution < 1.29 is 14.3 Å². The third kappa shape index (κ3) is 4.61. The zero-order valence-corrected chi connectivity index (χ0v) is 15.2. The average Bonchev–Trinajstić information content (AvgIpc) is 3.39. The highest BCUT2D eigenvalue weighted by atomic mass is 16.5. The summed E-state index contributed by atoms with van der Waals surface area (Å²) in [5.74, 6) is 0.368. The Balaban J connectivity index is 1.32. The maximum atomic E-state index is 12.0. The molecule has 9 heteroatoms. The number of carbonyl (C=O) groups is 1. The average molecular weight is 372 g/mol. The van der Waals surface area contributed by atoms with Crippen LogP contribution in [0, 0.1) is 0 Å². The van der Waals surface area contributed by atoms with Gasteiger partial charge in [-0.2, -0.15) is 4.80 Å². The molecule has 0 spiro atoms. The highest BCUT2D eigenvalue weighted by Gasteiger charge is 2.17. The number of carbonyl (C=O) groups excluding carboxylic acids is 1. The monoisotopic (exact) mass is 372 g/mol. The van der Waals surface area contributed by atoms with E-state index in [9.17, 15) is 4.79 Å². The van der Waals surface area contributed by atoms with E-state index in [4.69, 9.17) is 9.47 Å². The lowest BCUT2D eigenvalue weighted by atomic mass is 10.2. The fourth-order valence-corrected chi connectivity index (χ4v) is 3.29. The van der Waals surface area contributed by atoms with Gasteiger partial charge in [-0.15, -0.1) is 10.2 Å². The predicted octanol–water partition coefficient (Wildman–Crippen LogP) is 0.472. The number of amides is 1. The third-order valence-corrected chi connectivity index (χ3v) is 4.79. The van der Waals surface area contributed by atoms with Crippen LogP contribution in [0.4, 0.5) is 5.69 Å². The first-order valence-corrected chi connectivity index (χ1v) is 9.37. The van der Waals surface area contributed by atoms with Crippen molar-refractivity contribution in [2.45, 2.75) is 25.5 Å². The molecular formula is C18H24N6O3. The van der Waals surface area contributed by atoms with Crippen LogP contribution in [0.15, 0.2) is 24.3 Å². The second-order valence-corrected chi connectivity index (χ2v) is 6.73. The summed E-state index contributed by atoms with van der Waals surface area (Å²) in [6, 6.07) is 8.05. The van der Waals surface area contributed by atoms with Crippen LogP contribution in [0.3, 0.4) is 0 Å². The molecule has 1 amide bonds. The van der Waals surface area contributed by atoms with Crippen LogP contribution >= 0.6 is 0 Å². The zero-order valence-electron chi connectivity index (χ0n) is 15.2. The lowest BCUT2D eigenvalue weighted by molar-refractivity contribution is -0.122. The van der Waals surface area contributed by atoms with Crippen molar-refractivity contribution in [1.82, 2.24) is 25.5 Å². The van der Waals surface area contributed by atoms with Gasteiger partial charge in [0.1, 0.15) is 6.54 Å². The number of ether oxygens (including phenoxy) is 2. The van der Waals surface area contributed by atoms with E-state index in [1.165, 1.54) is 4.80 Å². The Morgan fingerprint density at radius 3 is 2.74 bits per heavy atom. The Hall–Kier alpha value is -2.52. The van der Waals surface area contributed by atoms with Crippen LogP contribution in [0.25, 0.3) is 11.4 Å². The number of aromatic nitrogens is 4. The quantitative estimate of drug-likeness (QED) is 0.788. The van der Waals surface area contributed by atoms with Gasteiger partial charge in [0.05, 0.1) is 19.3 Å². The van der Waals surface area contributed by atoms with E-state index in [2.05, 4.69) is 37.8 Å². The summed E-state index contributed by atoms with van der Waals surface area (Å²) in [5, 5.41) is 15.2. The number of tetrazole rings is 1. The lowest BCUT2D eigenvalue weighted by Crippen LogP contribution is -2.36. The van der Waals surface area contributed by atoms with Gasteiger partial charge in [-0.25, -0.2) is 0 Å². The molecule has 1 atom stereocenters. The van der Waals surface area contributed by atoms with Gasteiger partial charge in [0, 0.05) is 37.5 Å². The number of nitrogens with one attached hydrogen (secondary N) is 1. The minimum absolute atomic E-state index is 0.0472. The molecule has 0 unspecified atom stereocenters. The number of hydrogen-bond donors (Lipinski definition) is 1. The van der Waals surface area contributed by atoms with Crippen LogP contribution in [0.5, 0.6) is 0 Å². The van der Waals surface area contributed by atoms with Gasteiger partial charge in [0.2, 0.25) is 11.7 Å². The Morgan fingerprint density at radius 1 is 1.19 bits per heavy atom. The fourth-order valence-electron chi connectivity index (χ4n) is 3.29. The first-order chi connectivity index (χ1) is 13.3. The van der Waals surface area contributed by atoms with Crippen LogP contribution in [0.1, 0.15) is 12.8 Å².